The van der Waals surface area contributed by atoms with E-state index in [1.165, 1.54) is 4.90 Å². The zero-order valence-corrected chi connectivity index (χ0v) is 23.8. The van der Waals surface area contributed by atoms with Crippen LogP contribution in [-0.2, 0) is 27.4 Å². The molecule has 0 spiro atoms. The number of halogens is 2. The first-order valence-electron chi connectivity index (χ1n) is 12.5. The van der Waals surface area contributed by atoms with Crippen molar-refractivity contribution in [3.8, 4) is 11.5 Å². The Labute approximate surface area is 242 Å². The molecular formula is C29H29Cl2N3O6. The van der Waals surface area contributed by atoms with Crippen LogP contribution in [-0.4, -0.2) is 41.6 Å². The highest BCUT2D eigenvalue weighted by atomic mass is 35.5. The smallest absolute Gasteiger partial charge is 0.410 e. The summed E-state index contributed by atoms with van der Waals surface area (Å²) in [4.78, 5) is 39.7. The maximum absolute atomic E-state index is 12.8. The molecule has 4 rings (SSSR count). The maximum Gasteiger partial charge on any atom is 0.410 e. The fourth-order valence-electron chi connectivity index (χ4n) is 3.91. The summed E-state index contributed by atoms with van der Waals surface area (Å²) in [6.07, 6.45) is -0.504. The second-order valence-electron chi connectivity index (χ2n) is 10.0. The molecule has 11 heteroatoms. The third kappa shape index (κ3) is 8.03. The van der Waals surface area contributed by atoms with Gasteiger partial charge in [-0.05, 0) is 81.4 Å². The van der Waals surface area contributed by atoms with Crippen molar-refractivity contribution < 1.29 is 28.6 Å². The van der Waals surface area contributed by atoms with Gasteiger partial charge in [-0.3, -0.25) is 14.5 Å². The highest BCUT2D eigenvalue weighted by Crippen LogP contribution is 2.36. The molecule has 1 aliphatic heterocycles. The number of hydrogen-bond donors (Lipinski definition) is 2. The van der Waals surface area contributed by atoms with Crippen molar-refractivity contribution in [2.45, 2.75) is 39.5 Å². The number of amides is 3. The molecule has 1 heterocycles. The van der Waals surface area contributed by atoms with E-state index >= 15 is 0 Å². The number of carbonyl (C=O) groups excluding carboxylic acids is 3. The van der Waals surface area contributed by atoms with Gasteiger partial charge in [-0.15, -0.1) is 0 Å². The Balaban J connectivity index is 1.47. The Morgan fingerprint density at radius 3 is 1.50 bits per heavy atom. The lowest BCUT2D eigenvalue weighted by molar-refractivity contribution is -0.118. The Hall–Kier alpha value is -3.95. The molecule has 0 bridgehead atoms. The van der Waals surface area contributed by atoms with E-state index in [4.69, 9.17) is 37.4 Å². The molecule has 40 heavy (non-hydrogen) atoms. The molecule has 0 fully saturated rings. The van der Waals surface area contributed by atoms with Gasteiger partial charge in [-0.25, -0.2) is 4.79 Å². The number of ether oxygens (including phenoxy) is 3. The molecule has 0 aromatic heterocycles. The van der Waals surface area contributed by atoms with Crippen LogP contribution in [0, 0.1) is 0 Å². The van der Waals surface area contributed by atoms with Gasteiger partial charge >= 0.3 is 6.09 Å². The van der Waals surface area contributed by atoms with Crippen molar-refractivity contribution in [3.05, 3.63) is 81.8 Å². The van der Waals surface area contributed by atoms with Crippen molar-refractivity contribution in [2.75, 3.05) is 23.8 Å². The zero-order valence-electron chi connectivity index (χ0n) is 22.3. The number of fused-ring (bicyclic) bond motifs is 1. The molecule has 0 aliphatic carbocycles. The van der Waals surface area contributed by atoms with E-state index in [0.29, 0.717) is 44.0 Å². The second-order valence-corrected chi connectivity index (χ2v) is 10.9. The highest BCUT2D eigenvalue weighted by molar-refractivity contribution is 6.30. The summed E-state index contributed by atoms with van der Waals surface area (Å²) in [6, 6.07) is 16.7. The van der Waals surface area contributed by atoms with Gasteiger partial charge in [0, 0.05) is 32.5 Å². The van der Waals surface area contributed by atoms with Crippen LogP contribution in [0.4, 0.5) is 16.2 Å². The average Bonchev–Trinajstić information content (AvgIpc) is 3.35. The fourth-order valence-corrected chi connectivity index (χ4v) is 4.17. The van der Waals surface area contributed by atoms with Gasteiger partial charge in [0.15, 0.2) is 13.2 Å². The molecule has 3 amide bonds. The van der Waals surface area contributed by atoms with E-state index in [2.05, 4.69) is 10.6 Å². The summed E-state index contributed by atoms with van der Waals surface area (Å²) in [5, 5.41) is 6.81. The fraction of sp³-hybridized carbons (Fsp3) is 0.276. The molecule has 2 N–H and O–H groups in total. The molecule has 0 radical (unpaired) electrons. The number of carbonyl (C=O) groups is 3. The molecule has 3 aromatic rings. The number of anilines is 2. The lowest BCUT2D eigenvalue weighted by Gasteiger charge is -2.24. The summed E-state index contributed by atoms with van der Waals surface area (Å²) in [6.45, 7) is 5.26. The van der Waals surface area contributed by atoms with Gasteiger partial charge in [-0.1, -0.05) is 23.2 Å². The summed E-state index contributed by atoms with van der Waals surface area (Å²) in [5.41, 5.74) is 1.68. The first kappa shape index (κ1) is 29.0. The van der Waals surface area contributed by atoms with E-state index in [1.807, 2.05) is 0 Å². The summed E-state index contributed by atoms with van der Waals surface area (Å²) < 4.78 is 16.6. The van der Waals surface area contributed by atoms with Crippen LogP contribution >= 0.6 is 23.2 Å². The molecule has 210 valence electrons. The topological polar surface area (TPSA) is 106 Å². The molecule has 0 saturated heterocycles. The molecular weight excluding hydrogens is 557 g/mol. The van der Waals surface area contributed by atoms with Gasteiger partial charge in [0.2, 0.25) is 0 Å². The second kappa shape index (κ2) is 12.5. The van der Waals surface area contributed by atoms with Crippen LogP contribution in [0.15, 0.2) is 60.7 Å². The van der Waals surface area contributed by atoms with E-state index in [1.54, 1.807) is 81.4 Å². The number of benzene rings is 3. The molecule has 0 saturated carbocycles. The summed E-state index contributed by atoms with van der Waals surface area (Å²) >= 11 is 11.8. The molecule has 3 aromatic carbocycles. The van der Waals surface area contributed by atoms with Gasteiger partial charge < -0.3 is 24.8 Å². The molecule has 0 atom stereocenters. The molecule has 0 unspecified atom stereocenters. The van der Waals surface area contributed by atoms with Crippen LogP contribution in [0.1, 0.15) is 31.9 Å². The predicted octanol–water partition coefficient (Wildman–Crippen LogP) is 6.28. The van der Waals surface area contributed by atoms with E-state index in [-0.39, 0.29) is 38.1 Å². The molecule has 9 nitrogen and oxygen atoms in total. The van der Waals surface area contributed by atoms with Gasteiger partial charge in [0.05, 0.1) is 13.1 Å². The first-order chi connectivity index (χ1) is 19.0. The monoisotopic (exact) mass is 585 g/mol. The van der Waals surface area contributed by atoms with Crippen LogP contribution in [0.25, 0.3) is 0 Å². The SMILES string of the molecule is CC(C)(C)OC(=O)N1Cc2c(NC(=O)COc3ccc(Cl)cc3)ccc(NC(=O)COc3ccc(Cl)cc3)c2C1. The van der Waals surface area contributed by atoms with Crippen LogP contribution in [0.2, 0.25) is 10.0 Å². The Bertz CT molecular complexity index is 1300. The van der Waals surface area contributed by atoms with Gasteiger partial charge in [0.1, 0.15) is 17.1 Å². The Morgan fingerprint density at radius 1 is 0.725 bits per heavy atom. The Morgan fingerprint density at radius 2 is 1.12 bits per heavy atom. The number of rotatable bonds is 8. The van der Waals surface area contributed by atoms with E-state index in [9.17, 15) is 14.4 Å². The van der Waals surface area contributed by atoms with Crippen molar-refractivity contribution in [1.29, 1.82) is 0 Å². The van der Waals surface area contributed by atoms with Crippen molar-refractivity contribution in [2.24, 2.45) is 0 Å². The largest absolute Gasteiger partial charge is 0.484 e. The van der Waals surface area contributed by atoms with Crippen LogP contribution in [0.3, 0.4) is 0 Å². The minimum atomic E-state index is -0.683. The average molecular weight is 586 g/mol. The third-order valence-corrected chi connectivity index (χ3v) is 6.20. The minimum Gasteiger partial charge on any atom is -0.484 e. The summed E-state index contributed by atoms with van der Waals surface area (Å²) in [7, 11) is 0. The Kier molecular flexibility index (Phi) is 9.07. The maximum atomic E-state index is 12.8. The number of nitrogens with one attached hydrogen (secondary N) is 2. The third-order valence-electron chi connectivity index (χ3n) is 5.70. The summed E-state index contributed by atoms with van der Waals surface area (Å²) in [5.74, 6) is 0.224. The van der Waals surface area contributed by atoms with Crippen molar-refractivity contribution in [3.63, 3.8) is 0 Å². The highest BCUT2D eigenvalue weighted by Gasteiger charge is 2.31. The number of hydrogen-bond acceptors (Lipinski definition) is 6. The quantitative estimate of drug-likeness (QED) is 0.322. The van der Waals surface area contributed by atoms with E-state index in [0.717, 1.165) is 0 Å². The molecule has 1 aliphatic rings. The van der Waals surface area contributed by atoms with Crippen LogP contribution in [0.5, 0.6) is 11.5 Å². The van der Waals surface area contributed by atoms with Crippen molar-refractivity contribution in [1.82, 2.24) is 4.90 Å². The van der Waals surface area contributed by atoms with Crippen molar-refractivity contribution >= 4 is 52.5 Å². The first-order valence-corrected chi connectivity index (χ1v) is 13.2. The minimum absolute atomic E-state index is 0.183. The predicted molar refractivity (Wildman–Crippen MR) is 153 cm³/mol. The normalized spacial score (nSPS) is 12.4. The van der Waals surface area contributed by atoms with Gasteiger partial charge in [0.25, 0.3) is 11.8 Å². The zero-order chi connectivity index (χ0) is 28.9. The number of nitrogens with zero attached hydrogens (tertiary/aromatic N) is 1. The van der Waals surface area contributed by atoms with Crippen LogP contribution < -0.4 is 20.1 Å². The van der Waals surface area contributed by atoms with E-state index < -0.39 is 11.7 Å². The lowest BCUT2D eigenvalue weighted by atomic mass is 10.1. The standard InChI is InChI=1S/C29H29Cl2N3O6/c1-29(2,3)40-28(37)34-14-22-23(15-34)25(33-27(36)17-39-21-10-6-19(31)7-11-21)13-12-24(22)32-26(35)16-38-20-8-4-18(30)5-9-20/h4-13H,14-17H2,1-3H3,(H,32,35)(H,33,36). The van der Waals surface area contributed by atoms with Gasteiger partial charge in [-0.2, -0.15) is 0 Å². The lowest BCUT2D eigenvalue weighted by Crippen LogP contribution is -2.33.